The summed E-state index contributed by atoms with van der Waals surface area (Å²) >= 11 is 0. The highest BCUT2D eigenvalue weighted by Crippen LogP contribution is 2.33. The van der Waals surface area contributed by atoms with E-state index in [1.807, 2.05) is 18.9 Å². The second-order valence-electron chi connectivity index (χ2n) is 5.80. The largest absolute Gasteiger partial charge is 0.466 e. The Hall–Kier alpha value is -0.650. The quantitative estimate of drug-likeness (QED) is 0.700. The Morgan fingerprint density at radius 1 is 1.47 bits per heavy atom. The molecule has 0 aromatic carbocycles. The second-order valence-corrected chi connectivity index (χ2v) is 5.80. The molecule has 1 fully saturated rings. The van der Waals surface area contributed by atoms with E-state index >= 15 is 0 Å². The first-order valence-electron chi connectivity index (χ1n) is 7.12. The van der Waals surface area contributed by atoms with Gasteiger partial charge in [0.05, 0.1) is 24.2 Å². The van der Waals surface area contributed by atoms with Crippen molar-refractivity contribution in [2.75, 3.05) is 26.7 Å². The van der Waals surface area contributed by atoms with Gasteiger partial charge in [-0.25, -0.2) is 0 Å². The molecule has 1 unspecified atom stereocenters. The van der Waals surface area contributed by atoms with Crippen molar-refractivity contribution >= 4 is 5.97 Å². The van der Waals surface area contributed by atoms with E-state index in [-0.39, 0.29) is 11.9 Å². The molecule has 2 N–H and O–H groups in total. The van der Waals surface area contributed by atoms with Crippen LogP contribution in [0.1, 0.15) is 39.5 Å². The van der Waals surface area contributed by atoms with Crippen LogP contribution < -0.4 is 0 Å². The van der Waals surface area contributed by atoms with Gasteiger partial charge in [0.15, 0.2) is 0 Å². The minimum Gasteiger partial charge on any atom is -0.466 e. The van der Waals surface area contributed by atoms with E-state index in [2.05, 4.69) is 0 Å². The van der Waals surface area contributed by atoms with E-state index in [9.17, 15) is 15.0 Å². The number of esters is 1. The standard InChI is InChI=1S/C14H27NO4/c1-4-19-13(17)12-5-7-14(18,8-6-12)10-15(3)9-11(2)16/h11-12,16,18H,4-10H2,1-3H3. The first-order valence-corrected chi connectivity index (χ1v) is 7.12. The van der Waals surface area contributed by atoms with Crippen LogP contribution >= 0.6 is 0 Å². The molecule has 0 bridgehead atoms. The van der Waals surface area contributed by atoms with Crippen LogP contribution in [0.25, 0.3) is 0 Å². The van der Waals surface area contributed by atoms with Crippen molar-refractivity contribution in [3.63, 3.8) is 0 Å². The third kappa shape index (κ3) is 5.47. The number of rotatable bonds is 6. The minimum absolute atomic E-state index is 0.0673. The highest BCUT2D eigenvalue weighted by atomic mass is 16.5. The molecule has 0 heterocycles. The van der Waals surface area contributed by atoms with Gasteiger partial charge in [-0.3, -0.25) is 4.79 Å². The molecule has 1 aliphatic rings. The molecule has 1 rings (SSSR count). The maximum absolute atomic E-state index is 11.6. The van der Waals surface area contributed by atoms with Crippen molar-refractivity contribution < 1.29 is 19.7 Å². The summed E-state index contributed by atoms with van der Waals surface area (Å²) in [5.74, 6) is -0.204. The van der Waals surface area contributed by atoms with Gasteiger partial charge in [0.25, 0.3) is 0 Å². The van der Waals surface area contributed by atoms with Gasteiger partial charge < -0.3 is 19.8 Å². The molecule has 0 saturated heterocycles. The molecule has 0 radical (unpaired) electrons. The van der Waals surface area contributed by atoms with Crippen LogP contribution in [0.4, 0.5) is 0 Å². The van der Waals surface area contributed by atoms with Crippen LogP contribution in [0.5, 0.6) is 0 Å². The van der Waals surface area contributed by atoms with Gasteiger partial charge >= 0.3 is 5.97 Å². The van der Waals surface area contributed by atoms with E-state index in [0.717, 1.165) is 0 Å². The van der Waals surface area contributed by atoms with Crippen molar-refractivity contribution in [2.24, 2.45) is 5.92 Å². The van der Waals surface area contributed by atoms with Gasteiger partial charge in [-0.2, -0.15) is 0 Å². The summed E-state index contributed by atoms with van der Waals surface area (Å²) < 4.78 is 5.02. The average molecular weight is 273 g/mol. The van der Waals surface area contributed by atoms with E-state index in [4.69, 9.17) is 4.74 Å². The lowest BCUT2D eigenvalue weighted by Crippen LogP contribution is -2.46. The number of likely N-dealkylation sites (N-methyl/N-ethyl adjacent to an activating group) is 1. The number of hydrogen-bond donors (Lipinski definition) is 2. The lowest BCUT2D eigenvalue weighted by Gasteiger charge is -2.38. The van der Waals surface area contributed by atoms with Crippen LogP contribution in [0.3, 0.4) is 0 Å². The second kappa shape index (κ2) is 7.22. The van der Waals surface area contributed by atoms with Gasteiger partial charge in [-0.05, 0) is 46.6 Å². The molecule has 5 nitrogen and oxygen atoms in total. The SMILES string of the molecule is CCOC(=O)C1CCC(O)(CN(C)CC(C)O)CC1. The van der Waals surface area contributed by atoms with E-state index < -0.39 is 11.7 Å². The van der Waals surface area contributed by atoms with Crippen molar-refractivity contribution in [1.82, 2.24) is 4.90 Å². The smallest absolute Gasteiger partial charge is 0.308 e. The molecule has 0 aliphatic heterocycles. The Kier molecular flexibility index (Phi) is 6.23. The molecular formula is C14H27NO4. The molecular weight excluding hydrogens is 246 g/mol. The molecule has 0 aromatic heterocycles. The molecule has 112 valence electrons. The summed E-state index contributed by atoms with van der Waals surface area (Å²) in [6.45, 7) is 5.04. The highest BCUT2D eigenvalue weighted by Gasteiger charge is 2.37. The zero-order valence-electron chi connectivity index (χ0n) is 12.3. The van der Waals surface area contributed by atoms with E-state index in [0.29, 0.717) is 45.4 Å². The average Bonchev–Trinajstić information content (AvgIpc) is 2.28. The number of carbonyl (C=O) groups excluding carboxylic acids is 1. The Balaban J connectivity index is 2.40. The van der Waals surface area contributed by atoms with Crippen molar-refractivity contribution in [3.8, 4) is 0 Å². The van der Waals surface area contributed by atoms with Gasteiger partial charge in [0.2, 0.25) is 0 Å². The van der Waals surface area contributed by atoms with Crippen LogP contribution in [0, 0.1) is 5.92 Å². The van der Waals surface area contributed by atoms with E-state index in [1.165, 1.54) is 0 Å². The third-order valence-corrected chi connectivity index (χ3v) is 3.68. The predicted octanol–water partition coefficient (Wildman–Crippen LogP) is 0.783. The number of aliphatic hydroxyl groups is 2. The fraction of sp³-hybridized carbons (Fsp3) is 0.929. The van der Waals surface area contributed by atoms with Crippen molar-refractivity contribution in [1.29, 1.82) is 0 Å². The summed E-state index contributed by atoms with van der Waals surface area (Å²) in [6.07, 6.45) is 2.18. The topological polar surface area (TPSA) is 70.0 Å². The van der Waals surface area contributed by atoms with Crippen molar-refractivity contribution in [2.45, 2.75) is 51.2 Å². The van der Waals surface area contributed by atoms with Crippen LogP contribution in [-0.2, 0) is 9.53 Å². The predicted molar refractivity (Wildman–Crippen MR) is 72.7 cm³/mol. The van der Waals surface area contributed by atoms with Gasteiger partial charge in [-0.1, -0.05) is 0 Å². The third-order valence-electron chi connectivity index (χ3n) is 3.68. The highest BCUT2D eigenvalue weighted by molar-refractivity contribution is 5.72. The number of ether oxygens (including phenoxy) is 1. The van der Waals surface area contributed by atoms with Crippen LogP contribution in [0.2, 0.25) is 0 Å². The molecule has 1 atom stereocenters. The first kappa shape index (κ1) is 16.4. The summed E-state index contributed by atoms with van der Waals surface area (Å²) in [5.41, 5.74) is -0.743. The molecule has 0 amide bonds. The molecule has 5 heteroatoms. The fourth-order valence-electron chi connectivity index (χ4n) is 2.83. The molecule has 1 aliphatic carbocycles. The molecule has 0 aromatic rings. The van der Waals surface area contributed by atoms with Gasteiger partial charge in [-0.15, -0.1) is 0 Å². The number of carbonyl (C=O) groups is 1. The maximum atomic E-state index is 11.6. The van der Waals surface area contributed by atoms with Gasteiger partial charge in [0.1, 0.15) is 0 Å². The summed E-state index contributed by atoms with van der Waals surface area (Å²) in [7, 11) is 1.89. The fourth-order valence-corrected chi connectivity index (χ4v) is 2.83. The number of aliphatic hydroxyl groups excluding tert-OH is 1. The summed E-state index contributed by atoms with van der Waals surface area (Å²) in [4.78, 5) is 13.6. The molecule has 0 spiro atoms. The zero-order valence-corrected chi connectivity index (χ0v) is 12.3. The number of nitrogens with zero attached hydrogens (tertiary/aromatic N) is 1. The normalized spacial score (nSPS) is 29.3. The molecule has 1 saturated carbocycles. The minimum atomic E-state index is -0.743. The summed E-state index contributed by atoms with van der Waals surface area (Å²) in [6, 6.07) is 0. The Labute approximate surface area is 115 Å². The Bertz CT molecular complexity index is 285. The van der Waals surface area contributed by atoms with E-state index in [1.54, 1.807) is 6.92 Å². The lowest BCUT2D eigenvalue weighted by atomic mass is 9.78. The summed E-state index contributed by atoms with van der Waals surface area (Å²) in [5, 5.41) is 19.8. The monoisotopic (exact) mass is 273 g/mol. The Morgan fingerprint density at radius 2 is 2.05 bits per heavy atom. The van der Waals surface area contributed by atoms with Gasteiger partial charge in [0, 0.05) is 13.1 Å². The zero-order chi connectivity index (χ0) is 14.5. The lowest BCUT2D eigenvalue weighted by molar-refractivity contribution is -0.151. The van der Waals surface area contributed by atoms with Crippen LogP contribution in [-0.4, -0.2) is 59.5 Å². The first-order chi connectivity index (χ1) is 8.86. The van der Waals surface area contributed by atoms with Crippen molar-refractivity contribution in [3.05, 3.63) is 0 Å². The Morgan fingerprint density at radius 3 is 2.53 bits per heavy atom. The van der Waals surface area contributed by atoms with Crippen LogP contribution in [0.15, 0.2) is 0 Å². The number of hydrogen-bond acceptors (Lipinski definition) is 5. The maximum Gasteiger partial charge on any atom is 0.308 e. The molecule has 19 heavy (non-hydrogen) atoms.